The van der Waals surface area contributed by atoms with Gasteiger partial charge < -0.3 is 0 Å². The molecule has 1 heterocycles. The molecule has 0 saturated carbocycles. The Bertz CT molecular complexity index is 417. The third-order valence-electron chi connectivity index (χ3n) is 3.40. The maximum absolute atomic E-state index is 4.41. The number of aromatic nitrogens is 1. The predicted molar refractivity (Wildman–Crippen MR) is 94.9 cm³/mol. The summed E-state index contributed by atoms with van der Waals surface area (Å²) in [4.78, 5) is 4.41. The van der Waals surface area contributed by atoms with Crippen molar-refractivity contribution in [1.82, 2.24) is 4.98 Å². The number of hydrogen-bond donors (Lipinski definition) is 0. The number of benzene rings is 1. The second kappa shape index (κ2) is 11.1. The molecule has 1 heteroatoms. The van der Waals surface area contributed by atoms with Crippen LogP contribution in [0.3, 0.4) is 0 Å². The van der Waals surface area contributed by atoms with E-state index in [1.807, 2.05) is 0 Å². The minimum Gasteiger partial charge on any atom is -0.258 e. The molecule has 1 aromatic heterocycles. The predicted octanol–water partition coefficient (Wildman–Crippen LogP) is 5.65. The Hall–Kier alpha value is -1.63. The van der Waals surface area contributed by atoms with Gasteiger partial charge in [-0.05, 0) is 48.9 Å². The van der Waals surface area contributed by atoms with Gasteiger partial charge in [0.05, 0.1) is 0 Å². The molecule has 0 spiro atoms. The van der Waals surface area contributed by atoms with Gasteiger partial charge in [-0.3, -0.25) is 4.98 Å². The van der Waals surface area contributed by atoms with E-state index >= 15 is 0 Å². The fourth-order valence-corrected chi connectivity index (χ4v) is 1.99. The zero-order valence-electron chi connectivity index (χ0n) is 13.3. The molecule has 2 aromatic rings. The number of rotatable bonds is 4. The van der Waals surface area contributed by atoms with Crippen LogP contribution in [0.5, 0.6) is 0 Å². The molecule has 1 nitrogen and oxygen atoms in total. The fraction of sp³-hybridized carbons (Fsp3) is 0.450. The van der Waals surface area contributed by atoms with Crippen molar-refractivity contribution in [2.75, 3.05) is 0 Å². The standard InChI is InChI=1S/C10H14.C9H13N.CH4/c1-3-9-6-5-7-10(4-2)8-9;1-3-8-6-5-7-9(4-2)10-8;/h5-8H,3-4H2,1-2H3;5-7H,3-4H2,1-2H3;1H4. The van der Waals surface area contributed by atoms with Crippen LogP contribution in [-0.4, -0.2) is 4.98 Å². The monoisotopic (exact) mass is 285 g/mol. The molecule has 0 aliphatic heterocycles. The quantitative estimate of drug-likeness (QED) is 0.707. The summed E-state index contributed by atoms with van der Waals surface area (Å²) in [5.41, 5.74) is 5.28. The van der Waals surface area contributed by atoms with Gasteiger partial charge in [0.15, 0.2) is 0 Å². The fourth-order valence-electron chi connectivity index (χ4n) is 1.99. The van der Waals surface area contributed by atoms with Crippen LogP contribution in [0.1, 0.15) is 57.6 Å². The zero-order chi connectivity index (χ0) is 14.8. The highest BCUT2D eigenvalue weighted by Gasteiger charge is 1.91. The maximum Gasteiger partial charge on any atom is 0.0404 e. The smallest absolute Gasteiger partial charge is 0.0404 e. The number of aryl methyl sites for hydroxylation is 4. The third-order valence-corrected chi connectivity index (χ3v) is 3.40. The van der Waals surface area contributed by atoms with Crippen molar-refractivity contribution >= 4 is 0 Å². The average molecular weight is 285 g/mol. The van der Waals surface area contributed by atoms with Crippen LogP contribution in [0.4, 0.5) is 0 Å². The minimum absolute atomic E-state index is 0. The van der Waals surface area contributed by atoms with E-state index in [1.165, 1.54) is 22.5 Å². The first-order chi connectivity index (χ1) is 9.73. The van der Waals surface area contributed by atoms with Crippen LogP contribution in [0.2, 0.25) is 0 Å². The van der Waals surface area contributed by atoms with Gasteiger partial charge in [-0.25, -0.2) is 0 Å². The molecular weight excluding hydrogens is 254 g/mol. The molecule has 0 radical (unpaired) electrons. The highest BCUT2D eigenvalue weighted by molar-refractivity contribution is 5.23. The van der Waals surface area contributed by atoms with E-state index in [1.54, 1.807) is 0 Å². The van der Waals surface area contributed by atoms with Gasteiger partial charge in [0.2, 0.25) is 0 Å². The summed E-state index contributed by atoms with van der Waals surface area (Å²) in [7, 11) is 0. The van der Waals surface area contributed by atoms with Gasteiger partial charge in [-0.2, -0.15) is 0 Å². The maximum atomic E-state index is 4.41. The molecule has 0 fully saturated rings. The lowest BCUT2D eigenvalue weighted by atomic mass is 10.1. The first kappa shape index (κ1) is 19.4. The summed E-state index contributed by atoms with van der Waals surface area (Å²) >= 11 is 0. The summed E-state index contributed by atoms with van der Waals surface area (Å²) < 4.78 is 0. The van der Waals surface area contributed by atoms with Crippen LogP contribution in [0, 0.1) is 0 Å². The van der Waals surface area contributed by atoms with E-state index in [9.17, 15) is 0 Å². The molecule has 0 bridgehead atoms. The number of nitrogens with zero attached hydrogens (tertiary/aromatic N) is 1. The second-order valence-corrected chi connectivity index (χ2v) is 4.85. The number of pyridine rings is 1. The van der Waals surface area contributed by atoms with Crippen molar-refractivity contribution in [3.8, 4) is 0 Å². The normalized spacial score (nSPS) is 9.33. The van der Waals surface area contributed by atoms with Gasteiger partial charge in [0, 0.05) is 11.4 Å². The summed E-state index contributed by atoms with van der Waals surface area (Å²) in [6.07, 6.45) is 4.36. The molecule has 116 valence electrons. The lowest BCUT2D eigenvalue weighted by molar-refractivity contribution is 0.955. The van der Waals surface area contributed by atoms with Crippen molar-refractivity contribution in [2.45, 2.75) is 60.8 Å². The Morgan fingerprint density at radius 1 is 0.667 bits per heavy atom. The second-order valence-electron chi connectivity index (χ2n) is 4.85. The molecule has 1 aromatic carbocycles. The Labute approximate surface area is 131 Å². The molecular formula is C20H31N. The van der Waals surface area contributed by atoms with E-state index in [0.717, 1.165) is 25.7 Å². The molecule has 0 saturated heterocycles. The first-order valence-electron chi connectivity index (χ1n) is 7.76. The SMILES string of the molecule is C.CCc1cccc(CC)c1.CCc1cccc(CC)n1. The largest absolute Gasteiger partial charge is 0.258 e. The summed E-state index contributed by atoms with van der Waals surface area (Å²) in [5, 5.41) is 0. The van der Waals surface area contributed by atoms with Gasteiger partial charge in [-0.1, -0.05) is 65.5 Å². The van der Waals surface area contributed by atoms with Gasteiger partial charge in [-0.15, -0.1) is 0 Å². The Balaban J connectivity index is 0.000000364. The van der Waals surface area contributed by atoms with Crippen molar-refractivity contribution in [3.05, 3.63) is 65.0 Å². The third kappa shape index (κ3) is 7.08. The molecule has 0 unspecified atom stereocenters. The lowest BCUT2D eigenvalue weighted by Gasteiger charge is -1.98. The van der Waals surface area contributed by atoms with Crippen molar-refractivity contribution in [1.29, 1.82) is 0 Å². The number of hydrogen-bond acceptors (Lipinski definition) is 1. The Morgan fingerprint density at radius 3 is 1.48 bits per heavy atom. The highest BCUT2D eigenvalue weighted by Crippen LogP contribution is 2.05. The first-order valence-corrected chi connectivity index (χ1v) is 7.76. The van der Waals surface area contributed by atoms with E-state index in [4.69, 9.17) is 0 Å². The minimum atomic E-state index is 0. The van der Waals surface area contributed by atoms with Crippen molar-refractivity contribution < 1.29 is 0 Å². The van der Waals surface area contributed by atoms with Gasteiger partial charge >= 0.3 is 0 Å². The lowest BCUT2D eigenvalue weighted by Crippen LogP contribution is -1.91. The van der Waals surface area contributed by atoms with E-state index in [0.29, 0.717) is 0 Å². The van der Waals surface area contributed by atoms with E-state index in [-0.39, 0.29) is 7.43 Å². The van der Waals surface area contributed by atoms with Crippen molar-refractivity contribution in [3.63, 3.8) is 0 Å². The van der Waals surface area contributed by atoms with Crippen LogP contribution >= 0.6 is 0 Å². The molecule has 0 aliphatic rings. The summed E-state index contributed by atoms with van der Waals surface area (Å²) in [5.74, 6) is 0. The van der Waals surface area contributed by atoms with E-state index in [2.05, 4.69) is 75.1 Å². The molecule has 0 aliphatic carbocycles. The van der Waals surface area contributed by atoms with Crippen LogP contribution < -0.4 is 0 Å². The topological polar surface area (TPSA) is 12.9 Å². The van der Waals surface area contributed by atoms with Crippen LogP contribution in [0.25, 0.3) is 0 Å². The summed E-state index contributed by atoms with van der Waals surface area (Å²) in [6, 6.07) is 15.0. The molecule has 0 atom stereocenters. The van der Waals surface area contributed by atoms with Gasteiger partial charge in [0.25, 0.3) is 0 Å². The highest BCUT2D eigenvalue weighted by atomic mass is 14.7. The molecule has 21 heavy (non-hydrogen) atoms. The summed E-state index contributed by atoms with van der Waals surface area (Å²) in [6.45, 7) is 8.63. The van der Waals surface area contributed by atoms with E-state index < -0.39 is 0 Å². The molecule has 2 rings (SSSR count). The Kier molecular flexibility index (Phi) is 10.2. The average Bonchev–Trinajstić information content (AvgIpc) is 2.55. The van der Waals surface area contributed by atoms with Crippen LogP contribution in [0.15, 0.2) is 42.5 Å². The molecule has 0 amide bonds. The van der Waals surface area contributed by atoms with Gasteiger partial charge in [0.1, 0.15) is 0 Å². The molecule has 0 N–H and O–H groups in total. The Morgan fingerprint density at radius 2 is 1.10 bits per heavy atom. The van der Waals surface area contributed by atoms with Crippen molar-refractivity contribution in [2.24, 2.45) is 0 Å². The van der Waals surface area contributed by atoms with Crippen LogP contribution in [-0.2, 0) is 25.7 Å². The zero-order valence-corrected chi connectivity index (χ0v) is 13.3.